The molecule has 31 heavy (non-hydrogen) atoms. The van der Waals surface area contributed by atoms with Crippen LogP contribution in [-0.2, 0) is 21.3 Å². The molecule has 1 aliphatic heterocycles. The molecule has 4 rings (SSSR count). The highest BCUT2D eigenvalue weighted by Crippen LogP contribution is 2.29. The van der Waals surface area contributed by atoms with Crippen LogP contribution in [0.4, 0.5) is 10.1 Å². The summed E-state index contributed by atoms with van der Waals surface area (Å²) in [6.07, 6.45) is 1.50. The van der Waals surface area contributed by atoms with Crippen molar-refractivity contribution in [2.24, 2.45) is 12.8 Å². The van der Waals surface area contributed by atoms with Crippen LogP contribution in [0.15, 0.2) is 36.5 Å². The van der Waals surface area contributed by atoms with Gasteiger partial charge in [0.15, 0.2) is 5.82 Å². The van der Waals surface area contributed by atoms with Crippen molar-refractivity contribution in [1.29, 1.82) is 0 Å². The van der Waals surface area contributed by atoms with E-state index in [1.54, 1.807) is 31.4 Å². The average molecular weight is 427 g/mol. The van der Waals surface area contributed by atoms with Crippen LogP contribution in [0.3, 0.4) is 0 Å². The smallest absolute Gasteiger partial charge is 0.307 e. The van der Waals surface area contributed by atoms with Crippen molar-refractivity contribution in [1.82, 2.24) is 25.2 Å². The van der Waals surface area contributed by atoms with Crippen molar-refractivity contribution in [3.63, 3.8) is 0 Å². The van der Waals surface area contributed by atoms with E-state index in [1.807, 2.05) is 11.0 Å². The zero-order valence-electron chi connectivity index (χ0n) is 16.9. The average Bonchev–Trinajstić information content (AvgIpc) is 3.42. The summed E-state index contributed by atoms with van der Waals surface area (Å²) in [4.78, 5) is 17.7. The monoisotopic (exact) mass is 427 g/mol. The Bertz CT molecular complexity index is 1060. The number of nitrogens with zero attached hydrogens (tertiary/aromatic N) is 6. The van der Waals surface area contributed by atoms with Gasteiger partial charge < -0.3 is 20.1 Å². The zero-order chi connectivity index (χ0) is 21.8. The van der Waals surface area contributed by atoms with E-state index in [9.17, 15) is 9.18 Å². The zero-order valence-corrected chi connectivity index (χ0v) is 16.9. The van der Waals surface area contributed by atoms with Gasteiger partial charge in [-0.1, -0.05) is 6.07 Å². The number of carbonyl (C=O) groups excluding carboxylic acids is 1. The van der Waals surface area contributed by atoms with Crippen molar-refractivity contribution >= 4 is 11.7 Å². The number of halogens is 1. The number of esters is 1. The highest BCUT2D eigenvalue weighted by molar-refractivity contribution is 5.69. The summed E-state index contributed by atoms with van der Waals surface area (Å²) in [6.45, 7) is 1.18. The van der Waals surface area contributed by atoms with Gasteiger partial charge in [0.1, 0.15) is 31.0 Å². The topological polar surface area (TPSA) is 121 Å². The molecular formula is C20H22FN7O3. The number of aryl methyl sites for hydroxylation is 1. The molecule has 162 valence electrons. The summed E-state index contributed by atoms with van der Waals surface area (Å²) in [5.74, 6) is -0.195. The largest absolute Gasteiger partial charge is 0.463 e. The maximum absolute atomic E-state index is 14.9. The first-order valence-electron chi connectivity index (χ1n) is 9.76. The number of rotatable bonds is 7. The quantitative estimate of drug-likeness (QED) is 0.553. The second-order valence-electron chi connectivity index (χ2n) is 7.08. The predicted molar refractivity (Wildman–Crippen MR) is 109 cm³/mol. The van der Waals surface area contributed by atoms with Crippen molar-refractivity contribution in [3.8, 4) is 22.6 Å². The minimum atomic E-state index is -0.370. The molecule has 2 N–H and O–H groups in total. The molecule has 0 spiro atoms. The minimum absolute atomic E-state index is 0.148. The van der Waals surface area contributed by atoms with E-state index in [0.29, 0.717) is 41.6 Å². The van der Waals surface area contributed by atoms with E-state index in [-0.39, 0.29) is 37.5 Å². The number of benzene rings is 1. The molecule has 1 saturated heterocycles. The summed E-state index contributed by atoms with van der Waals surface area (Å²) >= 11 is 0. The summed E-state index contributed by atoms with van der Waals surface area (Å²) in [5, 5.41) is 11.3. The molecule has 0 radical (unpaired) electrons. The number of carbonyl (C=O) groups is 1. The molecular weight excluding hydrogens is 405 g/mol. The second-order valence-corrected chi connectivity index (χ2v) is 7.08. The third-order valence-corrected chi connectivity index (χ3v) is 4.91. The van der Waals surface area contributed by atoms with Gasteiger partial charge in [0.25, 0.3) is 0 Å². The summed E-state index contributed by atoms with van der Waals surface area (Å²) in [6, 6.07) is 8.52. The van der Waals surface area contributed by atoms with Crippen molar-refractivity contribution in [2.45, 2.75) is 12.5 Å². The Labute approximate surface area is 177 Å². The molecule has 3 heterocycles. The SMILES string of the molecule is Cn1nnnc1-c1ccc(-c2ccc(N3CO[C@@H](COC(=O)CCN)C3)cc2F)cn1. The van der Waals surface area contributed by atoms with Gasteiger partial charge in [0.2, 0.25) is 0 Å². The van der Waals surface area contributed by atoms with Gasteiger partial charge in [-0.25, -0.2) is 9.07 Å². The fraction of sp³-hybridized carbons (Fsp3) is 0.350. The van der Waals surface area contributed by atoms with Crippen molar-refractivity contribution in [3.05, 3.63) is 42.3 Å². The van der Waals surface area contributed by atoms with Gasteiger partial charge in [-0.3, -0.25) is 9.78 Å². The first-order valence-corrected chi connectivity index (χ1v) is 9.76. The molecule has 0 amide bonds. The highest BCUT2D eigenvalue weighted by atomic mass is 19.1. The van der Waals surface area contributed by atoms with Crippen LogP contribution < -0.4 is 10.6 Å². The Hall–Kier alpha value is -3.44. The fourth-order valence-corrected chi connectivity index (χ4v) is 3.27. The molecule has 2 aromatic heterocycles. The Kier molecular flexibility index (Phi) is 6.14. The maximum Gasteiger partial charge on any atom is 0.307 e. The lowest BCUT2D eigenvalue weighted by Crippen LogP contribution is -2.26. The number of ether oxygens (including phenoxy) is 2. The van der Waals surface area contributed by atoms with Crippen LogP contribution in [0.5, 0.6) is 0 Å². The normalized spacial score (nSPS) is 16.0. The maximum atomic E-state index is 14.9. The number of nitrogens with two attached hydrogens (primary N) is 1. The van der Waals surface area contributed by atoms with E-state index in [2.05, 4.69) is 20.5 Å². The lowest BCUT2D eigenvalue weighted by Gasteiger charge is -2.17. The molecule has 1 aliphatic rings. The first-order chi connectivity index (χ1) is 15.0. The summed E-state index contributed by atoms with van der Waals surface area (Å²) in [5.41, 5.74) is 7.69. The Morgan fingerprint density at radius 3 is 2.90 bits per heavy atom. The van der Waals surface area contributed by atoms with Gasteiger partial charge in [0.05, 0.1) is 6.42 Å². The van der Waals surface area contributed by atoms with E-state index in [0.717, 1.165) is 0 Å². The van der Waals surface area contributed by atoms with Gasteiger partial charge in [-0.15, -0.1) is 5.10 Å². The van der Waals surface area contributed by atoms with E-state index in [4.69, 9.17) is 15.2 Å². The standard InChI is InChI=1S/C20H22FN7O3/c1-27-20(24-25-26-27)18-5-2-13(9-23-18)16-4-3-14(8-17(16)21)28-10-15(31-12-28)11-30-19(29)6-7-22/h2-5,8-9,15H,6-7,10-12,22H2,1H3/t15-/m1/s1. The highest BCUT2D eigenvalue weighted by Gasteiger charge is 2.25. The lowest BCUT2D eigenvalue weighted by molar-refractivity contribution is -0.146. The van der Waals surface area contributed by atoms with Crippen LogP contribution in [0.25, 0.3) is 22.6 Å². The minimum Gasteiger partial charge on any atom is -0.463 e. The molecule has 0 unspecified atom stereocenters. The van der Waals surface area contributed by atoms with Gasteiger partial charge in [0, 0.05) is 43.1 Å². The number of hydrogen-bond acceptors (Lipinski definition) is 9. The van der Waals surface area contributed by atoms with Crippen molar-refractivity contribution in [2.75, 3.05) is 31.3 Å². The van der Waals surface area contributed by atoms with Gasteiger partial charge in [-0.05, 0) is 34.7 Å². The molecule has 1 aromatic carbocycles. The number of hydrogen-bond donors (Lipinski definition) is 1. The summed E-state index contributed by atoms with van der Waals surface area (Å²) < 4.78 is 27.1. The molecule has 11 heteroatoms. The van der Waals surface area contributed by atoms with E-state index >= 15 is 0 Å². The molecule has 3 aromatic rings. The summed E-state index contributed by atoms with van der Waals surface area (Å²) in [7, 11) is 1.72. The number of aromatic nitrogens is 5. The second kappa shape index (κ2) is 9.14. The van der Waals surface area contributed by atoms with E-state index in [1.165, 1.54) is 10.7 Å². The molecule has 0 saturated carbocycles. The predicted octanol–water partition coefficient (Wildman–Crippen LogP) is 1.13. The third-order valence-electron chi connectivity index (χ3n) is 4.91. The Balaban J connectivity index is 1.42. The van der Waals surface area contributed by atoms with Gasteiger partial charge >= 0.3 is 5.97 Å². The van der Waals surface area contributed by atoms with E-state index < -0.39 is 0 Å². The van der Waals surface area contributed by atoms with Crippen LogP contribution in [0.2, 0.25) is 0 Å². The van der Waals surface area contributed by atoms with Crippen molar-refractivity contribution < 1.29 is 18.7 Å². The number of anilines is 1. The van der Waals surface area contributed by atoms with Crippen LogP contribution in [-0.4, -0.2) is 63.7 Å². The fourth-order valence-electron chi connectivity index (χ4n) is 3.27. The lowest BCUT2D eigenvalue weighted by atomic mass is 10.1. The molecule has 0 aliphatic carbocycles. The van der Waals surface area contributed by atoms with Crippen LogP contribution in [0.1, 0.15) is 6.42 Å². The molecule has 1 fully saturated rings. The third kappa shape index (κ3) is 4.67. The van der Waals surface area contributed by atoms with Gasteiger partial charge in [-0.2, -0.15) is 0 Å². The number of pyridine rings is 1. The molecule has 1 atom stereocenters. The number of tetrazole rings is 1. The van der Waals surface area contributed by atoms with Crippen LogP contribution >= 0.6 is 0 Å². The Morgan fingerprint density at radius 1 is 1.35 bits per heavy atom. The first kappa shape index (κ1) is 20.8. The molecule has 0 bridgehead atoms. The Morgan fingerprint density at radius 2 is 2.23 bits per heavy atom. The molecule has 10 nitrogen and oxygen atoms in total. The van der Waals surface area contributed by atoms with Crippen LogP contribution in [0, 0.1) is 5.82 Å².